The van der Waals surface area contributed by atoms with Gasteiger partial charge >= 0.3 is 0 Å². The standard InChI is InChI=1S/C22H29N3O3S/c1-16(2)20-8-4-5-9-21(20)23-17(3)22(26)24-18-10-12-19(13-11-18)29(27,28)25-14-6-7-15-25/h4-5,8-13,16-17,23H,6-7,14-15H2,1-3H3,(H,24,26)/t17-/m1/s1. The van der Waals surface area contributed by atoms with E-state index in [0.717, 1.165) is 24.1 Å². The highest BCUT2D eigenvalue weighted by Crippen LogP contribution is 2.25. The number of para-hydroxylation sites is 1. The van der Waals surface area contributed by atoms with Gasteiger partial charge in [-0.05, 0) is 61.6 Å². The molecule has 29 heavy (non-hydrogen) atoms. The van der Waals surface area contributed by atoms with Gasteiger partial charge in [0.15, 0.2) is 0 Å². The first-order valence-corrected chi connectivity index (χ1v) is 11.5. The highest BCUT2D eigenvalue weighted by Gasteiger charge is 2.27. The van der Waals surface area contributed by atoms with Gasteiger partial charge < -0.3 is 10.6 Å². The van der Waals surface area contributed by atoms with Crippen molar-refractivity contribution in [2.24, 2.45) is 0 Å². The molecular weight excluding hydrogens is 386 g/mol. The maximum Gasteiger partial charge on any atom is 0.246 e. The molecule has 1 aliphatic rings. The van der Waals surface area contributed by atoms with Gasteiger partial charge in [0.2, 0.25) is 15.9 Å². The molecule has 1 saturated heterocycles. The Balaban J connectivity index is 1.65. The van der Waals surface area contributed by atoms with Crippen LogP contribution in [0.25, 0.3) is 0 Å². The molecule has 0 bridgehead atoms. The summed E-state index contributed by atoms with van der Waals surface area (Å²) in [4.78, 5) is 12.8. The Bertz CT molecular complexity index is 950. The predicted octanol–water partition coefficient (Wildman–Crippen LogP) is 4.03. The van der Waals surface area contributed by atoms with E-state index in [1.54, 1.807) is 31.2 Å². The summed E-state index contributed by atoms with van der Waals surface area (Å²) in [6, 6.07) is 13.9. The lowest BCUT2D eigenvalue weighted by Crippen LogP contribution is -2.32. The summed E-state index contributed by atoms with van der Waals surface area (Å²) in [5.41, 5.74) is 2.67. The summed E-state index contributed by atoms with van der Waals surface area (Å²) in [6.45, 7) is 7.17. The number of amides is 1. The van der Waals surface area contributed by atoms with Crippen LogP contribution in [0.4, 0.5) is 11.4 Å². The molecule has 156 valence electrons. The Morgan fingerprint density at radius 1 is 0.966 bits per heavy atom. The fourth-order valence-electron chi connectivity index (χ4n) is 3.47. The van der Waals surface area contributed by atoms with Crippen LogP contribution in [0.15, 0.2) is 53.4 Å². The second-order valence-electron chi connectivity index (χ2n) is 7.73. The molecule has 2 aromatic rings. The average molecular weight is 416 g/mol. The molecule has 0 radical (unpaired) electrons. The minimum atomic E-state index is -3.45. The summed E-state index contributed by atoms with van der Waals surface area (Å²) in [5.74, 6) is 0.165. The Morgan fingerprint density at radius 2 is 1.59 bits per heavy atom. The lowest BCUT2D eigenvalue weighted by molar-refractivity contribution is -0.116. The van der Waals surface area contributed by atoms with E-state index in [-0.39, 0.29) is 10.8 Å². The van der Waals surface area contributed by atoms with Gasteiger partial charge in [0.25, 0.3) is 0 Å². The number of nitrogens with one attached hydrogen (secondary N) is 2. The molecule has 1 atom stereocenters. The van der Waals surface area contributed by atoms with Gasteiger partial charge in [0.1, 0.15) is 6.04 Å². The fourth-order valence-corrected chi connectivity index (χ4v) is 4.99. The zero-order valence-corrected chi connectivity index (χ0v) is 18.0. The lowest BCUT2D eigenvalue weighted by Gasteiger charge is -2.19. The smallest absolute Gasteiger partial charge is 0.246 e. The molecule has 0 aromatic heterocycles. The minimum absolute atomic E-state index is 0.182. The topological polar surface area (TPSA) is 78.5 Å². The number of carbonyl (C=O) groups is 1. The molecule has 1 fully saturated rings. The second-order valence-corrected chi connectivity index (χ2v) is 9.67. The van der Waals surface area contributed by atoms with Gasteiger partial charge in [-0.15, -0.1) is 0 Å². The molecule has 7 heteroatoms. The summed E-state index contributed by atoms with van der Waals surface area (Å²) < 4.78 is 26.7. The molecule has 1 amide bonds. The van der Waals surface area contributed by atoms with Crippen molar-refractivity contribution in [2.75, 3.05) is 23.7 Å². The summed E-state index contributed by atoms with van der Waals surface area (Å²) in [5, 5.41) is 6.12. The molecular formula is C22H29N3O3S. The third-order valence-electron chi connectivity index (χ3n) is 5.17. The number of rotatable bonds is 7. The molecule has 0 saturated carbocycles. The fraction of sp³-hybridized carbons (Fsp3) is 0.409. The molecule has 0 aliphatic carbocycles. The highest BCUT2D eigenvalue weighted by atomic mass is 32.2. The van der Waals surface area contributed by atoms with Crippen LogP contribution in [0.5, 0.6) is 0 Å². The van der Waals surface area contributed by atoms with E-state index >= 15 is 0 Å². The van der Waals surface area contributed by atoms with E-state index < -0.39 is 16.1 Å². The van der Waals surface area contributed by atoms with Crippen LogP contribution >= 0.6 is 0 Å². The number of sulfonamides is 1. The maximum atomic E-state index is 12.6. The predicted molar refractivity (Wildman–Crippen MR) is 117 cm³/mol. The third kappa shape index (κ3) is 4.97. The first-order valence-electron chi connectivity index (χ1n) is 10.1. The molecule has 2 N–H and O–H groups in total. The van der Waals surface area contributed by atoms with E-state index in [9.17, 15) is 13.2 Å². The van der Waals surface area contributed by atoms with Crippen LogP contribution in [0.1, 0.15) is 45.1 Å². The zero-order valence-electron chi connectivity index (χ0n) is 17.2. The van der Waals surface area contributed by atoms with Crippen molar-refractivity contribution in [3.63, 3.8) is 0 Å². The zero-order chi connectivity index (χ0) is 21.0. The largest absolute Gasteiger partial charge is 0.374 e. The molecule has 1 aliphatic heterocycles. The molecule has 1 heterocycles. The Kier molecular flexibility index (Phi) is 6.59. The minimum Gasteiger partial charge on any atom is -0.374 e. The molecule has 0 spiro atoms. The van der Waals surface area contributed by atoms with E-state index in [2.05, 4.69) is 30.5 Å². The van der Waals surface area contributed by atoms with Crippen molar-refractivity contribution in [3.8, 4) is 0 Å². The van der Waals surface area contributed by atoms with Gasteiger partial charge in [0, 0.05) is 24.5 Å². The van der Waals surface area contributed by atoms with E-state index in [1.165, 1.54) is 4.31 Å². The van der Waals surface area contributed by atoms with Crippen molar-refractivity contribution in [2.45, 2.75) is 50.5 Å². The molecule has 6 nitrogen and oxygen atoms in total. The van der Waals surface area contributed by atoms with Crippen LogP contribution in [-0.2, 0) is 14.8 Å². The van der Waals surface area contributed by atoms with Crippen molar-refractivity contribution in [3.05, 3.63) is 54.1 Å². The first kappa shape index (κ1) is 21.3. The molecule has 3 rings (SSSR count). The lowest BCUT2D eigenvalue weighted by atomic mass is 10.0. The first-order chi connectivity index (χ1) is 13.8. The SMILES string of the molecule is CC(C)c1ccccc1N[C@H](C)C(=O)Nc1ccc(S(=O)(=O)N2CCCC2)cc1. The van der Waals surface area contributed by atoms with Crippen LogP contribution in [0, 0.1) is 0 Å². The van der Waals surface area contributed by atoms with E-state index in [1.807, 2.05) is 18.2 Å². The third-order valence-corrected chi connectivity index (χ3v) is 7.09. The molecule has 0 unspecified atom stereocenters. The van der Waals surface area contributed by atoms with E-state index in [0.29, 0.717) is 24.7 Å². The normalized spacial score (nSPS) is 16.0. The van der Waals surface area contributed by atoms with Gasteiger partial charge in [-0.2, -0.15) is 4.31 Å². The Morgan fingerprint density at radius 3 is 2.21 bits per heavy atom. The quantitative estimate of drug-likeness (QED) is 0.716. The number of nitrogens with zero attached hydrogens (tertiary/aromatic N) is 1. The maximum absolute atomic E-state index is 12.6. The van der Waals surface area contributed by atoms with Crippen LogP contribution in [0.2, 0.25) is 0 Å². The highest BCUT2D eigenvalue weighted by molar-refractivity contribution is 7.89. The van der Waals surface area contributed by atoms with Crippen molar-refractivity contribution in [1.29, 1.82) is 0 Å². The number of benzene rings is 2. The monoisotopic (exact) mass is 415 g/mol. The number of hydrogen-bond acceptors (Lipinski definition) is 4. The number of anilines is 2. The van der Waals surface area contributed by atoms with Gasteiger partial charge in [-0.25, -0.2) is 8.42 Å². The van der Waals surface area contributed by atoms with Gasteiger partial charge in [-0.3, -0.25) is 4.79 Å². The van der Waals surface area contributed by atoms with Crippen LogP contribution in [0.3, 0.4) is 0 Å². The van der Waals surface area contributed by atoms with Crippen LogP contribution in [-0.4, -0.2) is 37.8 Å². The van der Waals surface area contributed by atoms with Crippen LogP contribution < -0.4 is 10.6 Å². The number of hydrogen-bond donors (Lipinski definition) is 2. The Labute approximate surface area is 173 Å². The van der Waals surface area contributed by atoms with Crippen molar-refractivity contribution >= 4 is 27.3 Å². The summed E-state index contributed by atoms with van der Waals surface area (Å²) >= 11 is 0. The summed E-state index contributed by atoms with van der Waals surface area (Å²) in [6.07, 6.45) is 1.80. The Hall–Kier alpha value is -2.38. The van der Waals surface area contributed by atoms with Crippen molar-refractivity contribution in [1.82, 2.24) is 4.31 Å². The average Bonchev–Trinajstić information content (AvgIpc) is 3.24. The van der Waals surface area contributed by atoms with Gasteiger partial charge in [-0.1, -0.05) is 32.0 Å². The summed E-state index contributed by atoms with van der Waals surface area (Å²) in [7, 11) is -3.45. The molecule has 2 aromatic carbocycles. The van der Waals surface area contributed by atoms with E-state index in [4.69, 9.17) is 0 Å². The number of carbonyl (C=O) groups excluding carboxylic acids is 1. The second kappa shape index (κ2) is 8.97. The van der Waals surface area contributed by atoms with Gasteiger partial charge in [0.05, 0.1) is 4.90 Å². The van der Waals surface area contributed by atoms with Crippen molar-refractivity contribution < 1.29 is 13.2 Å².